The van der Waals surface area contributed by atoms with Crippen LogP contribution >= 0.6 is 0 Å². The lowest BCUT2D eigenvalue weighted by Crippen LogP contribution is -2.21. The number of aromatic amines is 1. The highest BCUT2D eigenvalue weighted by molar-refractivity contribution is 5.74. The van der Waals surface area contributed by atoms with E-state index in [0.717, 1.165) is 43.6 Å². The van der Waals surface area contributed by atoms with E-state index in [1.54, 1.807) is 0 Å². The standard InChI is InChI=1S/C12H19N5/c1-2-13-6-3-7-14-9-10-4-5-11-12(8-10)16-17-15-11/h4-5,8,13-14H,2-3,6-7,9H2,1H3,(H,15,16,17). The summed E-state index contributed by atoms with van der Waals surface area (Å²) in [6.45, 7) is 6.16. The predicted octanol–water partition coefficient (Wildman–Crippen LogP) is 1.05. The largest absolute Gasteiger partial charge is 0.317 e. The van der Waals surface area contributed by atoms with Crippen molar-refractivity contribution in [2.75, 3.05) is 19.6 Å². The molecule has 1 aromatic carbocycles. The summed E-state index contributed by atoms with van der Waals surface area (Å²) in [6.07, 6.45) is 1.15. The minimum atomic E-state index is 0.884. The highest BCUT2D eigenvalue weighted by Gasteiger charge is 1.99. The van der Waals surface area contributed by atoms with Crippen LogP contribution in [0.25, 0.3) is 11.0 Å². The summed E-state index contributed by atoms with van der Waals surface area (Å²) in [5.74, 6) is 0. The van der Waals surface area contributed by atoms with Crippen molar-refractivity contribution in [2.24, 2.45) is 0 Å². The highest BCUT2D eigenvalue weighted by atomic mass is 15.3. The molecule has 5 heteroatoms. The summed E-state index contributed by atoms with van der Waals surface area (Å²) in [5, 5.41) is 17.5. The number of benzene rings is 1. The van der Waals surface area contributed by atoms with E-state index in [4.69, 9.17) is 0 Å². The average Bonchev–Trinajstić information content (AvgIpc) is 2.81. The van der Waals surface area contributed by atoms with E-state index >= 15 is 0 Å². The molecule has 0 unspecified atom stereocenters. The molecule has 5 nitrogen and oxygen atoms in total. The second-order valence-electron chi connectivity index (χ2n) is 4.03. The topological polar surface area (TPSA) is 65.6 Å². The van der Waals surface area contributed by atoms with E-state index in [1.165, 1.54) is 5.56 Å². The Bertz CT molecular complexity index is 451. The van der Waals surface area contributed by atoms with Gasteiger partial charge in [0.1, 0.15) is 11.0 Å². The second kappa shape index (κ2) is 6.32. The van der Waals surface area contributed by atoms with E-state index in [9.17, 15) is 0 Å². The molecule has 2 rings (SSSR count). The molecule has 1 heterocycles. The van der Waals surface area contributed by atoms with Crippen molar-refractivity contribution >= 4 is 11.0 Å². The second-order valence-corrected chi connectivity index (χ2v) is 4.03. The highest BCUT2D eigenvalue weighted by Crippen LogP contribution is 2.09. The lowest BCUT2D eigenvalue weighted by molar-refractivity contribution is 0.606. The first-order chi connectivity index (χ1) is 8.40. The Morgan fingerprint density at radius 2 is 1.94 bits per heavy atom. The lowest BCUT2D eigenvalue weighted by Gasteiger charge is -2.05. The number of H-pyrrole nitrogens is 1. The van der Waals surface area contributed by atoms with Gasteiger partial charge in [-0.25, -0.2) is 0 Å². The van der Waals surface area contributed by atoms with Crippen molar-refractivity contribution in [1.29, 1.82) is 0 Å². The molecular formula is C12H19N5. The fourth-order valence-corrected chi connectivity index (χ4v) is 1.74. The van der Waals surface area contributed by atoms with E-state index in [-0.39, 0.29) is 0 Å². The Morgan fingerprint density at radius 1 is 1.12 bits per heavy atom. The van der Waals surface area contributed by atoms with Crippen LogP contribution in [0.2, 0.25) is 0 Å². The molecule has 0 saturated carbocycles. The van der Waals surface area contributed by atoms with Crippen LogP contribution in [0.15, 0.2) is 18.2 Å². The van der Waals surface area contributed by atoms with Crippen LogP contribution in [0, 0.1) is 0 Å². The van der Waals surface area contributed by atoms with Gasteiger partial charge in [-0.3, -0.25) is 0 Å². The summed E-state index contributed by atoms with van der Waals surface area (Å²) in [4.78, 5) is 0. The van der Waals surface area contributed by atoms with Crippen molar-refractivity contribution in [2.45, 2.75) is 19.9 Å². The number of rotatable bonds is 7. The van der Waals surface area contributed by atoms with Crippen LogP contribution in [0.3, 0.4) is 0 Å². The summed E-state index contributed by atoms with van der Waals surface area (Å²) < 4.78 is 0. The van der Waals surface area contributed by atoms with E-state index in [1.807, 2.05) is 6.07 Å². The smallest absolute Gasteiger partial charge is 0.113 e. The van der Waals surface area contributed by atoms with Crippen molar-refractivity contribution < 1.29 is 0 Å². The molecule has 0 atom stereocenters. The summed E-state index contributed by atoms with van der Waals surface area (Å²) in [6, 6.07) is 6.15. The third-order valence-corrected chi connectivity index (χ3v) is 2.67. The Hall–Kier alpha value is -1.46. The molecule has 0 amide bonds. The van der Waals surface area contributed by atoms with Gasteiger partial charge in [-0.2, -0.15) is 15.4 Å². The van der Waals surface area contributed by atoms with Crippen LogP contribution in [-0.4, -0.2) is 35.0 Å². The lowest BCUT2D eigenvalue weighted by atomic mass is 10.2. The maximum absolute atomic E-state index is 4.07. The Balaban J connectivity index is 1.75. The normalized spacial score (nSPS) is 11.1. The molecule has 0 aliphatic rings. The minimum Gasteiger partial charge on any atom is -0.317 e. The zero-order valence-corrected chi connectivity index (χ0v) is 10.2. The zero-order valence-electron chi connectivity index (χ0n) is 10.2. The van der Waals surface area contributed by atoms with Crippen LogP contribution in [0.5, 0.6) is 0 Å². The summed E-state index contributed by atoms with van der Waals surface area (Å²) in [5.41, 5.74) is 3.09. The van der Waals surface area contributed by atoms with Gasteiger partial charge in [0.2, 0.25) is 0 Å². The van der Waals surface area contributed by atoms with Crippen LogP contribution in [0.1, 0.15) is 18.9 Å². The van der Waals surface area contributed by atoms with Gasteiger partial charge in [0.15, 0.2) is 0 Å². The molecule has 0 aliphatic heterocycles. The third kappa shape index (κ3) is 3.51. The first-order valence-electron chi connectivity index (χ1n) is 6.11. The predicted molar refractivity (Wildman–Crippen MR) is 68.8 cm³/mol. The Labute approximate surface area is 101 Å². The van der Waals surface area contributed by atoms with Crippen molar-refractivity contribution in [3.8, 4) is 0 Å². The molecule has 0 aliphatic carbocycles. The molecule has 1 aromatic heterocycles. The molecule has 17 heavy (non-hydrogen) atoms. The Morgan fingerprint density at radius 3 is 2.82 bits per heavy atom. The van der Waals surface area contributed by atoms with E-state index in [2.05, 4.69) is 45.1 Å². The molecule has 0 saturated heterocycles. The molecule has 0 radical (unpaired) electrons. The first-order valence-corrected chi connectivity index (χ1v) is 6.11. The van der Waals surface area contributed by atoms with E-state index in [0.29, 0.717) is 0 Å². The summed E-state index contributed by atoms with van der Waals surface area (Å²) >= 11 is 0. The van der Waals surface area contributed by atoms with Gasteiger partial charge in [0.05, 0.1) is 0 Å². The molecule has 0 spiro atoms. The maximum Gasteiger partial charge on any atom is 0.113 e. The van der Waals surface area contributed by atoms with Gasteiger partial charge >= 0.3 is 0 Å². The van der Waals surface area contributed by atoms with Gasteiger partial charge in [-0.1, -0.05) is 13.0 Å². The first kappa shape index (κ1) is 12.0. The van der Waals surface area contributed by atoms with Crippen molar-refractivity contribution in [3.05, 3.63) is 23.8 Å². The molecular weight excluding hydrogens is 214 g/mol. The monoisotopic (exact) mass is 233 g/mol. The van der Waals surface area contributed by atoms with Gasteiger partial charge in [-0.05, 0) is 43.8 Å². The molecule has 0 fully saturated rings. The van der Waals surface area contributed by atoms with E-state index < -0.39 is 0 Å². The average molecular weight is 233 g/mol. The van der Waals surface area contributed by atoms with Gasteiger partial charge in [-0.15, -0.1) is 0 Å². The van der Waals surface area contributed by atoms with Gasteiger partial charge in [0, 0.05) is 6.54 Å². The quantitative estimate of drug-likeness (QED) is 0.625. The number of nitrogens with one attached hydrogen (secondary N) is 3. The summed E-state index contributed by atoms with van der Waals surface area (Å²) in [7, 11) is 0. The van der Waals surface area contributed by atoms with Crippen molar-refractivity contribution in [1.82, 2.24) is 26.0 Å². The van der Waals surface area contributed by atoms with Crippen molar-refractivity contribution in [3.63, 3.8) is 0 Å². The molecule has 0 bridgehead atoms. The zero-order chi connectivity index (χ0) is 11.9. The van der Waals surface area contributed by atoms with Gasteiger partial charge < -0.3 is 10.6 Å². The number of nitrogens with zero attached hydrogens (tertiary/aromatic N) is 2. The SMILES string of the molecule is CCNCCCNCc1ccc2n[nH]nc2c1. The third-order valence-electron chi connectivity index (χ3n) is 2.67. The Kier molecular flexibility index (Phi) is 4.46. The fourth-order valence-electron chi connectivity index (χ4n) is 1.74. The molecule has 3 N–H and O–H groups in total. The number of aromatic nitrogens is 3. The van der Waals surface area contributed by atoms with Gasteiger partial charge in [0.25, 0.3) is 0 Å². The fraction of sp³-hybridized carbons (Fsp3) is 0.500. The minimum absolute atomic E-state index is 0.884. The van der Waals surface area contributed by atoms with Crippen LogP contribution in [0.4, 0.5) is 0 Å². The van der Waals surface area contributed by atoms with Crippen LogP contribution in [-0.2, 0) is 6.54 Å². The molecule has 92 valence electrons. The number of hydrogen-bond acceptors (Lipinski definition) is 4. The number of fused-ring (bicyclic) bond motifs is 1. The molecule has 2 aromatic rings. The van der Waals surface area contributed by atoms with Crippen LogP contribution < -0.4 is 10.6 Å². The number of hydrogen-bond donors (Lipinski definition) is 3. The maximum atomic E-state index is 4.07.